The van der Waals surface area contributed by atoms with Crippen LogP contribution >= 0.6 is 0 Å². The van der Waals surface area contributed by atoms with Crippen molar-refractivity contribution in [3.05, 3.63) is 83.6 Å². The van der Waals surface area contributed by atoms with Crippen molar-refractivity contribution in [3.63, 3.8) is 0 Å². The average Bonchev–Trinajstić information content (AvgIpc) is 3.20. The quantitative estimate of drug-likeness (QED) is 0.621. The molecule has 1 aromatic heterocycles. The largest absolute Gasteiger partial charge is 0.465 e. The van der Waals surface area contributed by atoms with E-state index in [1.807, 2.05) is 61.5 Å². The number of furan rings is 1. The van der Waals surface area contributed by atoms with Crippen LogP contribution in [0.4, 0.5) is 0 Å². The minimum atomic E-state index is -0.591. The van der Waals surface area contributed by atoms with Crippen molar-refractivity contribution in [1.29, 1.82) is 0 Å². The summed E-state index contributed by atoms with van der Waals surface area (Å²) < 4.78 is 10.6. The summed E-state index contributed by atoms with van der Waals surface area (Å²) in [4.78, 5) is 11.5. The standard InChI is InChI=1S/C22H23NO4/c1-15(21(24)17-6-4-3-5-7-17)23-14-19-12-13-20(27-19)16-8-10-18(11-9-16)22(25)26-2/h3-13,15,21,23-24H,14H2,1-2H3/t15-,21+/m1/s1. The molecule has 5 nitrogen and oxygen atoms in total. The summed E-state index contributed by atoms with van der Waals surface area (Å²) in [6.07, 6.45) is -0.591. The molecule has 140 valence electrons. The highest BCUT2D eigenvalue weighted by Crippen LogP contribution is 2.23. The fraction of sp³-hybridized carbons (Fsp3) is 0.227. The molecule has 0 aliphatic carbocycles. The zero-order chi connectivity index (χ0) is 19.2. The second-order valence-corrected chi connectivity index (χ2v) is 6.36. The third-order valence-corrected chi connectivity index (χ3v) is 4.47. The Morgan fingerprint density at radius 3 is 2.44 bits per heavy atom. The van der Waals surface area contributed by atoms with Crippen LogP contribution in [0.1, 0.15) is 34.7 Å². The highest BCUT2D eigenvalue weighted by atomic mass is 16.5. The van der Waals surface area contributed by atoms with Crippen molar-refractivity contribution in [2.45, 2.75) is 25.6 Å². The van der Waals surface area contributed by atoms with E-state index in [2.05, 4.69) is 5.32 Å². The molecule has 5 heteroatoms. The van der Waals surface area contributed by atoms with Crippen LogP contribution in [0.3, 0.4) is 0 Å². The molecular weight excluding hydrogens is 342 g/mol. The molecule has 1 heterocycles. The van der Waals surface area contributed by atoms with E-state index in [0.717, 1.165) is 22.6 Å². The first-order valence-electron chi connectivity index (χ1n) is 8.82. The van der Waals surface area contributed by atoms with Gasteiger partial charge < -0.3 is 19.6 Å². The first kappa shape index (κ1) is 18.9. The van der Waals surface area contributed by atoms with E-state index in [9.17, 15) is 9.90 Å². The van der Waals surface area contributed by atoms with Crippen molar-refractivity contribution in [1.82, 2.24) is 5.32 Å². The van der Waals surface area contributed by atoms with Gasteiger partial charge in [0.05, 0.1) is 25.3 Å². The maximum atomic E-state index is 11.5. The van der Waals surface area contributed by atoms with Crippen LogP contribution in [-0.4, -0.2) is 24.2 Å². The average molecular weight is 365 g/mol. The molecule has 27 heavy (non-hydrogen) atoms. The summed E-state index contributed by atoms with van der Waals surface area (Å²) in [5.74, 6) is 1.13. The molecule has 0 aliphatic heterocycles. The van der Waals surface area contributed by atoms with Gasteiger partial charge in [-0.05, 0) is 36.8 Å². The lowest BCUT2D eigenvalue weighted by Gasteiger charge is -2.20. The summed E-state index contributed by atoms with van der Waals surface area (Å²) in [5.41, 5.74) is 2.26. The van der Waals surface area contributed by atoms with E-state index in [-0.39, 0.29) is 12.0 Å². The predicted octanol–water partition coefficient (Wildman–Crippen LogP) is 3.94. The molecule has 2 N–H and O–H groups in total. The Labute approximate surface area is 158 Å². The van der Waals surface area contributed by atoms with Gasteiger partial charge in [0.1, 0.15) is 11.5 Å². The topological polar surface area (TPSA) is 71.7 Å². The van der Waals surface area contributed by atoms with Gasteiger partial charge in [-0.2, -0.15) is 0 Å². The number of nitrogens with one attached hydrogen (secondary N) is 1. The van der Waals surface area contributed by atoms with Gasteiger partial charge in [-0.25, -0.2) is 4.79 Å². The molecule has 2 aromatic carbocycles. The lowest BCUT2D eigenvalue weighted by Crippen LogP contribution is -2.31. The summed E-state index contributed by atoms with van der Waals surface area (Å²) in [7, 11) is 1.36. The summed E-state index contributed by atoms with van der Waals surface area (Å²) in [6, 6.07) is 20.3. The summed E-state index contributed by atoms with van der Waals surface area (Å²) in [5, 5.41) is 13.7. The van der Waals surface area contributed by atoms with Gasteiger partial charge in [0, 0.05) is 11.6 Å². The molecule has 0 saturated heterocycles. The van der Waals surface area contributed by atoms with Crippen molar-refractivity contribution in [2.75, 3.05) is 7.11 Å². The Balaban J connectivity index is 1.60. The molecule has 0 spiro atoms. The minimum absolute atomic E-state index is 0.125. The second kappa shape index (κ2) is 8.66. The van der Waals surface area contributed by atoms with Crippen molar-refractivity contribution in [2.24, 2.45) is 0 Å². The molecular formula is C22H23NO4. The van der Waals surface area contributed by atoms with Crippen LogP contribution in [0.5, 0.6) is 0 Å². The van der Waals surface area contributed by atoms with Crippen molar-refractivity contribution < 1.29 is 19.1 Å². The Morgan fingerprint density at radius 1 is 1.07 bits per heavy atom. The Morgan fingerprint density at radius 2 is 1.78 bits per heavy atom. The third kappa shape index (κ3) is 4.64. The number of hydrogen-bond acceptors (Lipinski definition) is 5. The van der Waals surface area contributed by atoms with Gasteiger partial charge in [-0.3, -0.25) is 0 Å². The molecule has 0 radical (unpaired) electrons. The zero-order valence-corrected chi connectivity index (χ0v) is 15.4. The number of carbonyl (C=O) groups excluding carboxylic acids is 1. The number of esters is 1. The Hall–Kier alpha value is -2.89. The number of hydrogen-bond donors (Lipinski definition) is 2. The molecule has 0 amide bonds. The van der Waals surface area contributed by atoms with Crippen LogP contribution in [0, 0.1) is 0 Å². The smallest absolute Gasteiger partial charge is 0.337 e. The predicted molar refractivity (Wildman–Crippen MR) is 103 cm³/mol. The van der Waals surface area contributed by atoms with E-state index >= 15 is 0 Å². The van der Waals surface area contributed by atoms with Gasteiger partial charge in [-0.15, -0.1) is 0 Å². The Kier molecular flexibility index (Phi) is 6.06. The maximum absolute atomic E-state index is 11.5. The number of methoxy groups -OCH3 is 1. The zero-order valence-electron chi connectivity index (χ0n) is 15.4. The van der Waals surface area contributed by atoms with Gasteiger partial charge in [-0.1, -0.05) is 42.5 Å². The van der Waals surface area contributed by atoms with Crippen LogP contribution in [0.2, 0.25) is 0 Å². The molecule has 3 aromatic rings. The maximum Gasteiger partial charge on any atom is 0.337 e. The van der Waals surface area contributed by atoms with E-state index in [0.29, 0.717) is 12.1 Å². The highest BCUT2D eigenvalue weighted by Gasteiger charge is 2.16. The molecule has 3 rings (SSSR count). The van der Waals surface area contributed by atoms with Crippen molar-refractivity contribution >= 4 is 5.97 Å². The molecule has 0 aliphatic rings. The first-order valence-corrected chi connectivity index (χ1v) is 8.82. The van der Waals surface area contributed by atoms with E-state index in [1.54, 1.807) is 12.1 Å². The van der Waals surface area contributed by atoms with E-state index in [4.69, 9.17) is 9.15 Å². The minimum Gasteiger partial charge on any atom is -0.465 e. The van der Waals surface area contributed by atoms with E-state index < -0.39 is 6.10 Å². The van der Waals surface area contributed by atoms with Crippen LogP contribution in [0.25, 0.3) is 11.3 Å². The fourth-order valence-electron chi connectivity index (χ4n) is 2.83. The molecule has 0 saturated carbocycles. The normalized spacial score (nSPS) is 13.1. The van der Waals surface area contributed by atoms with Gasteiger partial charge >= 0.3 is 5.97 Å². The number of ether oxygens (including phenoxy) is 1. The fourth-order valence-corrected chi connectivity index (χ4v) is 2.83. The van der Waals surface area contributed by atoms with Crippen LogP contribution in [0.15, 0.2) is 71.1 Å². The van der Waals surface area contributed by atoms with Crippen LogP contribution in [-0.2, 0) is 11.3 Å². The highest BCUT2D eigenvalue weighted by molar-refractivity contribution is 5.89. The lowest BCUT2D eigenvalue weighted by molar-refractivity contribution is 0.0600. The SMILES string of the molecule is COC(=O)c1ccc(-c2ccc(CN[C@H](C)[C@H](O)c3ccccc3)o2)cc1. The van der Waals surface area contributed by atoms with Crippen molar-refractivity contribution in [3.8, 4) is 11.3 Å². The van der Waals surface area contributed by atoms with E-state index in [1.165, 1.54) is 7.11 Å². The number of aliphatic hydroxyl groups is 1. The number of rotatable bonds is 7. The summed E-state index contributed by atoms with van der Waals surface area (Å²) >= 11 is 0. The van der Waals surface area contributed by atoms with Gasteiger partial charge in [0.2, 0.25) is 0 Å². The monoisotopic (exact) mass is 365 g/mol. The molecule has 0 fully saturated rings. The molecule has 0 bridgehead atoms. The Bertz CT molecular complexity index is 871. The van der Waals surface area contributed by atoms with Crippen LogP contribution < -0.4 is 5.32 Å². The molecule has 2 atom stereocenters. The van der Waals surface area contributed by atoms with Gasteiger partial charge in [0.25, 0.3) is 0 Å². The second-order valence-electron chi connectivity index (χ2n) is 6.36. The number of aliphatic hydroxyl groups excluding tert-OH is 1. The molecule has 0 unspecified atom stereocenters. The van der Waals surface area contributed by atoms with Gasteiger partial charge in [0.15, 0.2) is 0 Å². The number of benzene rings is 2. The number of carbonyl (C=O) groups is 1. The lowest BCUT2D eigenvalue weighted by atomic mass is 10.0. The third-order valence-electron chi connectivity index (χ3n) is 4.47. The summed E-state index contributed by atoms with van der Waals surface area (Å²) in [6.45, 7) is 2.44. The first-order chi connectivity index (χ1) is 13.1.